The fourth-order valence-corrected chi connectivity index (χ4v) is 5.11. The number of anilines is 1. The summed E-state index contributed by atoms with van der Waals surface area (Å²) in [4.78, 5) is 5.96. The molecule has 0 aromatic carbocycles. The third kappa shape index (κ3) is 1.33. The minimum atomic E-state index is -2.85. The van der Waals surface area contributed by atoms with E-state index in [-0.39, 0.29) is 22.9 Å². The number of sulfone groups is 1. The second-order valence-electron chi connectivity index (χ2n) is 3.98. The molecule has 15 heavy (non-hydrogen) atoms. The van der Waals surface area contributed by atoms with Crippen molar-refractivity contribution in [1.82, 2.24) is 4.98 Å². The molecule has 2 aliphatic heterocycles. The van der Waals surface area contributed by atoms with Gasteiger partial charge in [-0.1, -0.05) is 0 Å². The molecule has 1 aromatic heterocycles. The maximum absolute atomic E-state index is 11.5. The summed E-state index contributed by atoms with van der Waals surface area (Å²) in [6, 6.07) is 0.0607. The Morgan fingerprint density at radius 3 is 2.87 bits per heavy atom. The molecule has 7 heteroatoms. The van der Waals surface area contributed by atoms with Gasteiger partial charge in [0.25, 0.3) is 0 Å². The first-order valence-corrected chi connectivity index (χ1v) is 7.28. The number of fused-ring (bicyclic) bond motifs is 2. The van der Waals surface area contributed by atoms with E-state index in [0.29, 0.717) is 13.0 Å². The average Bonchev–Trinajstić information content (AvgIpc) is 2.76. The van der Waals surface area contributed by atoms with Crippen LogP contribution in [0.1, 0.15) is 6.42 Å². The van der Waals surface area contributed by atoms with Gasteiger partial charge in [-0.05, 0) is 6.42 Å². The Morgan fingerprint density at radius 1 is 1.60 bits per heavy atom. The molecule has 0 amide bonds. The lowest BCUT2D eigenvalue weighted by molar-refractivity contribution is 0.457. The predicted octanol–water partition coefficient (Wildman–Crippen LogP) is 0.224. The first kappa shape index (κ1) is 9.41. The third-order valence-corrected chi connectivity index (χ3v) is 6.11. The lowest BCUT2D eigenvalue weighted by Gasteiger charge is -2.25. The highest BCUT2D eigenvalue weighted by Gasteiger charge is 2.49. The normalized spacial score (nSPS) is 32.4. The second kappa shape index (κ2) is 2.85. The van der Waals surface area contributed by atoms with Gasteiger partial charge in [0.15, 0.2) is 15.0 Å². The van der Waals surface area contributed by atoms with Crippen molar-refractivity contribution in [3.8, 4) is 5.88 Å². The summed E-state index contributed by atoms with van der Waals surface area (Å²) in [6.07, 6.45) is 0.711. The van der Waals surface area contributed by atoms with Gasteiger partial charge in [-0.25, -0.2) is 8.42 Å². The molecule has 82 valence electrons. The topological polar surface area (TPSA) is 70.5 Å². The van der Waals surface area contributed by atoms with Gasteiger partial charge >= 0.3 is 0 Å². The number of aromatic nitrogens is 1. The van der Waals surface area contributed by atoms with Gasteiger partial charge in [-0.3, -0.25) is 0 Å². The van der Waals surface area contributed by atoms with E-state index in [4.69, 9.17) is 5.11 Å². The highest BCUT2D eigenvalue weighted by molar-refractivity contribution is 7.92. The number of aromatic hydroxyl groups is 1. The van der Waals surface area contributed by atoms with Crippen LogP contribution in [0.5, 0.6) is 5.88 Å². The SMILES string of the molecule is O=S1(=O)CC2CC1CN2c1nc(O)cs1. The molecule has 0 aliphatic carbocycles. The molecule has 3 heterocycles. The van der Waals surface area contributed by atoms with Crippen molar-refractivity contribution in [2.75, 3.05) is 17.2 Å². The van der Waals surface area contributed by atoms with Crippen LogP contribution in [-0.2, 0) is 9.84 Å². The van der Waals surface area contributed by atoms with E-state index in [1.165, 1.54) is 11.3 Å². The summed E-state index contributed by atoms with van der Waals surface area (Å²) < 4.78 is 23.0. The average molecular weight is 246 g/mol. The van der Waals surface area contributed by atoms with E-state index in [1.54, 1.807) is 5.38 Å². The lowest BCUT2D eigenvalue weighted by Crippen LogP contribution is -2.40. The molecule has 2 bridgehead atoms. The molecule has 1 aromatic rings. The Morgan fingerprint density at radius 2 is 2.40 bits per heavy atom. The summed E-state index contributed by atoms with van der Waals surface area (Å²) in [5, 5.41) is 11.2. The summed E-state index contributed by atoms with van der Waals surface area (Å²) in [5.41, 5.74) is 0. The van der Waals surface area contributed by atoms with Crippen LogP contribution in [0.15, 0.2) is 5.38 Å². The zero-order valence-corrected chi connectivity index (χ0v) is 9.46. The first-order valence-electron chi connectivity index (χ1n) is 4.69. The summed E-state index contributed by atoms with van der Waals surface area (Å²) in [7, 11) is -2.85. The Kier molecular flexibility index (Phi) is 1.79. The van der Waals surface area contributed by atoms with Crippen LogP contribution in [0.2, 0.25) is 0 Å². The molecule has 0 saturated carbocycles. The Bertz CT molecular complexity index is 496. The third-order valence-electron chi connectivity index (χ3n) is 3.03. The van der Waals surface area contributed by atoms with E-state index in [2.05, 4.69) is 4.98 Å². The summed E-state index contributed by atoms with van der Waals surface area (Å²) in [6.45, 7) is 0.528. The van der Waals surface area contributed by atoms with Gasteiger partial charge in [-0.15, -0.1) is 11.3 Å². The van der Waals surface area contributed by atoms with Gasteiger partial charge in [0.2, 0.25) is 5.88 Å². The van der Waals surface area contributed by atoms with Crippen molar-refractivity contribution in [2.45, 2.75) is 17.7 Å². The summed E-state index contributed by atoms with van der Waals surface area (Å²) >= 11 is 1.36. The number of nitrogens with zero attached hydrogens (tertiary/aromatic N) is 2. The van der Waals surface area contributed by atoms with E-state index in [0.717, 1.165) is 5.13 Å². The van der Waals surface area contributed by atoms with E-state index >= 15 is 0 Å². The van der Waals surface area contributed by atoms with E-state index in [9.17, 15) is 8.42 Å². The monoisotopic (exact) mass is 246 g/mol. The smallest absolute Gasteiger partial charge is 0.223 e. The van der Waals surface area contributed by atoms with Crippen LogP contribution in [0.25, 0.3) is 0 Å². The van der Waals surface area contributed by atoms with Crippen LogP contribution in [0.3, 0.4) is 0 Å². The van der Waals surface area contributed by atoms with Crippen molar-refractivity contribution in [3.05, 3.63) is 5.38 Å². The minimum Gasteiger partial charge on any atom is -0.493 e. The van der Waals surface area contributed by atoms with Crippen molar-refractivity contribution >= 4 is 26.3 Å². The van der Waals surface area contributed by atoms with Crippen molar-refractivity contribution in [3.63, 3.8) is 0 Å². The Hall–Kier alpha value is -0.820. The van der Waals surface area contributed by atoms with E-state index < -0.39 is 9.84 Å². The maximum atomic E-state index is 11.5. The second-order valence-corrected chi connectivity index (χ2v) is 7.14. The van der Waals surface area contributed by atoms with Crippen molar-refractivity contribution < 1.29 is 13.5 Å². The molecule has 2 fully saturated rings. The van der Waals surface area contributed by atoms with E-state index in [1.807, 2.05) is 4.90 Å². The van der Waals surface area contributed by atoms with Crippen LogP contribution in [-0.4, -0.2) is 42.1 Å². The molecule has 5 nitrogen and oxygen atoms in total. The Balaban J connectivity index is 1.90. The molecule has 0 spiro atoms. The highest BCUT2D eigenvalue weighted by Crippen LogP contribution is 2.38. The molecule has 1 N–H and O–H groups in total. The molecule has 2 unspecified atom stereocenters. The zero-order chi connectivity index (χ0) is 10.6. The van der Waals surface area contributed by atoms with Gasteiger partial charge in [-0.2, -0.15) is 4.98 Å². The largest absolute Gasteiger partial charge is 0.493 e. The Labute approximate surface area is 91.3 Å². The number of thiazole rings is 1. The molecule has 2 saturated heterocycles. The molecule has 2 atom stereocenters. The standard InChI is InChI=1S/C8H10N2O3S2/c11-7-3-14-8(9-7)10-2-6-1-5(10)4-15(6,12)13/h3,5-6,11H,1-2,4H2. The number of hydrogen-bond acceptors (Lipinski definition) is 6. The quantitative estimate of drug-likeness (QED) is 0.768. The van der Waals surface area contributed by atoms with Gasteiger partial charge in [0.1, 0.15) is 0 Å². The van der Waals surface area contributed by atoms with Gasteiger partial charge < -0.3 is 10.0 Å². The van der Waals surface area contributed by atoms with Gasteiger partial charge in [0.05, 0.1) is 16.4 Å². The van der Waals surface area contributed by atoms with Crippen LogP contribution in [0, 0.1) is 0 Å². The molecule has 2 aliphatic rings. The van der Waals surface area contributed by atoms with Gasteiger partial charge in [0, 0.05) is 12.6 Å². The highest BCUT2D eigenvalue weighted by atomic mass is 32.2. The minimum absolute atomic E-state index is 0.0145. The van der Waals surface area contributed by atoms with Crippen LogP contribution in [0.4, 0.5) is 5.13 Å². The summed E-state index contributed by atoms with van der Waals surface area (Å²) in [5.74, 6) is 0.249. The fourth-order valence-electron chi connectivity index (χ4n) is 2.32. The van der Waals surface area contributed by atoms with Crippen LogP contribution >= 0.6 is 11.3 Å². The van der Waals surface area contributed by atoms with Crippen molar-refractivity contribution in [2.24, 2.45) is 0 Å². The molecule has 3 rings (SSSR count). The molecular formula is C8H10N2O3S2. The molecule has 0 radical (unpaired) electrons. The molecular weight excluding hydrogens is 236 g/mol. The zero-order valence-electron chi connectivity index (χ0n) is 7.83. The van der Waals surface area contributed by atoms with Crippen molar-refractivity contribution in [1.29, 1.82) is 0 Å². The first-order chi connectivity index (χ1) is 7.06. The number of hydrogen-bond donors (Lipinski definition) is 1. The fraction of sp³-hybridized carbons (Fsp3) is 0.625. The van der Waals surface area contributed by atoms with Crippen LogP contribution < -0.4 is 4.90 Å². The maximum Gasteiger partial charge on any atom is 0.223 e. The number of rotatable bonds is 1. The predicted molar refractivity (Wildman–Crippen MR) is 57.1 cm³/mol. The lowest BCUT2D eigenvalue weighted by atomic mass is 10.2.